The topological polar surface area (TPSA) is 26.0 Å². The first-order chi connectivity index (χ1) is 7.58. The predicted molar refractivity (Wildman–Crippen MR) is 76.9 cm³/mol. The number of nitrogens with two attached hydrogens (primary N) is 1. The van der Waals surface area contributed by atoms with E-state index in [-0.39, 0.29) is 6.04 Å². The number of rotatable bonds is 2. The Labute approximate surface area is 116 Å². The highest BCUT2D eigenvalue weighted by atomic mass is 79.9. The van der Waals surface area contributed by atoms with E-state index in [0.29, 0.717) is 0 Å². The molecule has 2 rings (SSSR count). The van der Waals surface area contributed by atoms with Crippen molar-refractivity contribution in [1.82, 2.24) is 0 Å². The highest BCUT2D eigenvalue weighted by Gasteiger charge is 2.11. The van der Waals surface area contributed by atoms with E-state index in [2.05, 4.69) is 63.0 Å². The first kappa shape index (κ1) is 12.3. The third-order valence-corrected chi connectivity index (χ3v) is 5.02. The minimum atomic E-state index is -0.0480. The SMILES string of the molecule is Cc1ccc(C(N)c2ccc(Br)s2)cc1Br. The maximum Gasteiger partial charge on any atom is 0.0702 e. The maximum atomic E-state index is 6.22. The zero-order valence-electron chi connectivity index (χ0n) is 8.71. The highest BCUT2D eigenvalue weighted by Crippen LogP contribution is 2.31. The van der Waals surface area contributed by atoms with Crippen LogP contribution in [0.1, 0.15) is 22.0 Å². The molecule has 1 atom stereocenters. The summed E-state index contributed by atoms with van der Waals surface area (Å²) in [5.74, 6) is 0. The van der Waals surface area contributed by atoms with E-state index in [0.717, 1.165) is 13.8 Å². The summed E-state index contributed by atoms with van der Waals surface area (Å²) in [7, 11) is 0. The molecule has 0 aliphatic carbocycles. The van der Waals surface area contributed by atoms with E-state index in [4.69, 9.17) is 5.73 Å². The van der Waals surface area contributed by atoms with E-state index in [1.54, 1.807) is 11.3 Å². The second-order valence-electron chi connectivity index (χ2n) is 3.63. The van der Waals surface area contributed by atoms with Crippen LogP contribution in [-0.2, 0) is 0 Å². The van der Waals surface area contributed by atoms with Crippen molar-refractivity contribution in [3.63, 3.8) is 0 Å². The van der Waals surface area contributed by atoms with Crippen LogP contribution < -0.4 is 5.73 Å². The lowest BCUT2D eigenvalue weighted by Gasteiger charge is -2.11. The summed E-state index contributed by atoms with van der Waals surface area (Å²) >= 11 is 8.66. The van der Waals surface area contributed by atoms with Crippen molar-refractivity contribution in [2.75, 3.05) is 0 Å². The van der Waals surface area contributed by atoms with Crippen LogP contribution in [-0.4, -0.2) is 0 Å². The van der Waals surface area contributed by atoms with Crippen LogP contribution in [0.25, 0.3) is 0 Å². The quantitative estimate of drug-likeness (QED) is 0.830. The zero-order valence-corrected chi connectivity index (χ0v) is 12.7. The molecule has 0 amide bonds. The van der Waals surface area contributed by atoms with Gasteiger partial charge < -0.3 is 5.73 Å². The second kappa shape index (κ2) is 5.00. The molecule has 1 nitrogen and oxygen atoms in total. The molecular weight excluding hydrogens is 350 g/mol. The van der Waals surface area contributed by atoms with Crippen molar-refractivity contribution in [1.29, 1.82) is 0 Å². The van der Waals surface area contributed by atoms with Crippen LogP contribution >= 0.6 is 43.2 Å². The molecule has 0 radical (unpaired) electrons. The number of halogens is 2. The molecule has 0 saturated heterocycles. The Morgan fingerprint density at radius 2 is 1.94 bits per heavy atom. The molecule has 2 aromatic rings. The number of hydrogen-bond acceptors (Lipinski definition) is 2. The van der Waals surface area contributed by atoms with Crippen molar-refractivity contribution in [3.8, 4) is 0 Å². The Balaban J connectivity index is 2.33. The van der Waals surface area contributed by atoms with E-state index < -0.39 is 0 Å². The van der Waals surface area contributed by atoms with Crippen LogP contribution in [0.3, 0.4) is 0 Å². The van der Waals surface area contributed by atoms with Crippen molar-refractivity contribution in [2.45, 2.75) is 13.0 Å². The van der Waals surface area contributed by atoms with Gasteiger partial charge >= 0.3 is 0 Å². The zero-order chi connectivity index (χ0) is 11.7. The van der Waals surface area contributed by atoms with E-state index >= 15 is 0 Å². The molecule has 1 aromatic heterocycles. The van der Waals surface area contributed by atoms with Gasteiger partial charge in [0.15, 0.2) is 0 Å². The minimum absolute atomic E-state index is 0.0480. The van der Waals surface area contributed by atoms with Crippen LogP contribution in [0.15, 0.2) is 38.6 Å². The molecule has 4 heteroatoms. The third kappa shape index (κ3) is 2.56. The van der Waals surface area contributed by atoms with E-state index in [1.165, 1.54) is 10.4 Å². The van der Waals surface area contributed by atoms with Gasteiger partial charge in [-0.2, -0.15) is 0 Å². The molecule has 84 valence electrons. The molecule has 0 aliphatic rings. The van der Waals surface area contributed by atoms with Gasteiger partial charge in [0, 0.05) is 9.35 Å². The molecule has 1 heterocycles. The lowest BCUT2D eigenvalue weighted by molar-refractivity contribution is 0.891. The first-order valence-electron chi connectivity index (χ1n) is 4.85. The number of thiophene rings is 1. The number of aryl methyl sites for hydroxylation is 1. The molecule has 0 fully saturated rings. The summed E-state index contributed by atoms with van der Waals surface area (Å²) in [5.41, 5.74) is 8.57. The predicted octanol–water partition coefficient (Wildman–Crippen LogP) is 4.63. The average molecular weight is 361 g/mol. The van der Waals surface area contributed by atoms with Gasteiger partial charge in [-0.1, -0.05) is 28.1 Å². The molecule has 16 heavy (non-hydrogen) atoms. The van der Waals surface area contributed by atoms with Crippen LogP contribution in [0.5, 0.6) is 0 Å². The molecule has 0 saturated carbocycles. The maximum absolute atomic E-state index is 6.22. The first-order valence-corrected chi connectivity index (χ1v) is 7.25. The summed E-state index contributed by atoms with van der Waals surface area (Å²) in [4.78, 5) is 1.17. The van der Waals surface area contributed by atoms with Gasteiger partial charge in [-0.05, 0) is 52.2 Å². The number of hydrogen-bond donors (Lipinski definition) is 1. The van der Waals surface area contributed by atoms with Crippen LogP contribution in [0, 0.1) is 6.92 Å². The van der Waals surface area contributed by atoms with Crippen molar-refractivity contribution >= 4 is 43.2 Å². The molecule has 0 bridgehead atoms. The molecule has 1 aromatic carbocycles. The van der Waals surface area contributed by atoms with E-state index in [1.807, 2.05) is 6.07 Å². The van der Waals surface area contributed by atoms with Crippen molar-refractivity contribution in [3.05, 3.63) is 54.6 Å². The lowest BCUT2D eigenvalue weighted by atomic mass is 10.0. The summed E-state index contributed by atoms with van der Waals surface area (Å²) in [6.45, 7) is 2.07. The largest absolute Gasteiger partial charge is 0.320 e. The Bertz CT molecular complexity index is 507. The third-order valence-electron chi connectivity index (χ3n) is 2.46. The Morgan fingerprint density at radius 1 is 1.19 bits per heavy atom. The monoisotopic (exact) mass is 359 g/mol. The summed E-state index contributed by atoms with van der Waals surface area (Å²) < 4.78 is 2.22. The van der Waals surface area contributed by atoms with Gasteiger partial charge in [-0.3, -0.25) is 0 Å². The average Bonchev–Trinajstić information content (AvgIpc) is 2.68. The van der Waals surface area contributed by atoms with Gasteiger partial charge in [-0.15, -0.1) is 11.3 Å². The Hall–Kier alpha value is -0.160. The van der Waals surface area contributed by atoms with Gasteiger partial charge in [0.2, 0.25) is 0 Å². The van der Waals surface area contributed by atoms with Gasteiger partial charge in [0.05, 0.1) is 9.83 Å². The summed E-state index contributed by atoms with van der Waals surface area (Å²) in [6.07, 6.45) is 0. The van der Waals surface area contributed by atoms with Gasteiger partial charge in [-0.25, -0.2) is 0 Å². The Kier molecular flexibility index (Phi) is 3.85. The standard InChI is InChI=1S/C12H11Br2NS/c1-7-2-3-8(6-9(7)13)12(15)10-4-5-11(14)16-10/h2-6,12H,15H2,1H3. The van der Waals surface area contributed by atoms with E-state index in [9.17, 15) is 0 Å². The fourth-order valence-corrected chi connectivity index (χ4v) is 3.31. The number of benzene rings is 1. The summed E-state index contributed by atoms with van der Waals surface area (Å²) in [6, 6.07) is 10.3. The molecule has 0 spiro atoms. The molecule has 2 N–H and O–H groups in total. The molecular formula is C12H11Br2NS. The lowest BCUT2D eigenvalue weighted by Crippen LogP contribution is -2.10. The van der Waals surface area contributed by atoms with Gasteiger partial charge in [0.1, 0.15) is 0 Å². The molecule has 0 aliphatic heterocycles. The fourth-order valence-electron chi connectivity index (χ4n) is 1.46. The van der Waals surface area contributed by atoms with Gasteiger partial charge in [0.25, 0.3) is 0 Å². The fraction of sp³-hybridized carbons (Fsp3) is 0.167. The smallest absolute Gasteiger partial charge is 0.0702 e. The highest BCUT2D eigenvalue weighted by molar-refractivity contribution is 9.11. The second-order valence-corrected chi connectivity index (χ2v) is 6.98. The van der Waals surface area contributed by atoms with Crippen molar-refractivity contribution in [2.24, 2.45) is 5.73 Å². The summed E-state index contributed by atoms with van der Waals surface area (Å²) in [5, 5.41) is 0. The minimum Gasteiger partial charge on any atom is -0.320 e. The van der Waals surface area contributed by atoms with Crippen LogP contribution in [0.2, 0.25) is 0 Å². The molecule has 1 unspecified atom stereocenters. The van der Waals surface area contributed by atoms with Crippen LogP contribution in [0.4, 0.5) is 0 Å². The van der Waals surface area contributed by atoms with Crippen molar-refractivity contribution < 1.29 is 0 Å². The normalized spacial score (nSPS) is 12.8. The Morgan fingerprint density at radius 3 is 2.50 bits per heavy atom.